The number of amides is 1. The Balaban J connectivity index is 3.25. The van der Waals surface area contributed by atoms with Crippen molar-refractivity contribution in [2.75, 3.05) is 66.4 Å². The number of likely N-dealkylation sites (N-methyl/N-ethyl adjacent to an activating group) is 1. The Labute approximate surface area is 158 Å². The standard InChI is InChI=1S/C19H37NO6/c1-16(2)18(21)6-8-23-10-12-25-14-15-26-13-11-24-9-7-20(5)19(22)17(3)4/h16-17H,6-15H2,1-5H3. The highest BCUT2D eigenvalue weighted by atomic mass is 16.6. The molecule has 7 nitrogen and oxygen atoms in total. The highest BCUT2D eigenvalue weighted by Gasteiger charge is 2.11. The van der Waals surface area contributed by atoms with E-state index < -0.39 is 0 Å². The molecule has 0 aromatic carbocycles. The summed E-state index contributed by atoms with van der Waals surface area (Å²) in [7, 11) is 1.78. The van der Waals surface area contributed by atoms with Gasteiger partial charge in [-0.25, -0.2) is 0 Å². The van der Waals surface area contributed by atoms with E-state index >= 15 is 0 Å². The molecule has 0 aliphatic heterocycles. The molecular weight excluding hydrogens is 338 g/mol. The van der Waals surface area contributed by atoms with Crippen molar-refractivity contribution >= 4 is 11.7 Å². The first kappa shape index (κ1) is 25.0. The molecule has 0 saturated heterocycles. The first-order valence-electron chi connectivity index (χ1n) is 9.45. The first-order chi connectivity index (χ1) is 12.4. The maximum atomic E-state index is 11.7. The number of carbonyl (C=O) groups is 2. The summed E-state index contributed by atoms with van der Waals surface area (Å²) in [4.78, 5) is 24.7. The van der Waals surface area contributed by atoms with Gasteiger partial charge in [0.2, 0.25) is 5.91 Å². The third-order valence-corrected chi connectivity index (χ3v) is 3.69. The molecule has 7 heteroatoms. The maximum absolute atomic E-state index is 11.7. The number of ketones is 1. The Hall–Kier alpha value is -1.02. The van der Waals surface area contributed by atoms with E-state index in [2.05, 4.69) is 0 Å². The van der Waals surface area contributed by atoms with Crippen molar-refractivity contribution in [3.05, 3.63) is 0 Å². The average molecular weight is 376 g/mol. The zero-order valence-electron chi connectivity index (χ0n) is 17.1. The van der Waals surface area contributed by atoms with Crippen LogP contribution in [0.4, 0.5) is 0 Å². The quantitative estimate of drug-likeness (QED) is 0.361. The van der Waals surface area contributed by atoms with Gasteiger partial charge in [0.1, 0.15) is 5.78 Å². The molecule has 0 saturated carbocycles. The van der Waals surface area contributed by atoms with Crippen molar-refractivity contribution in [1.82, 2.24) is 4.90 Å². The summed E-state index contributed by atoms with van der Waals surface area (Å²) >= 11 is 0. The lowest BCUT2D eigenvalue weighted by Crippen LogP contribution is -2.33. The highest BCUT2D eigenvalue weighted by molar-refractivity contribution is 5.80. The summed E-state index contributed by atoms with van der Waals surface area (Å²) in [6.07, 6.45) is 0.461. The molecule has 154 valence electrons. The number of nitrogens with zero attached hydrogens (tertiary/aromatic N) is 1. The van der Waals surface area contributed by atoms with E-state index in [9.17, 15) is 9.59 Å². The van der Waals surface area contributed by atoms with E-state index in [1.54, 1.807) is 11.9 Å². The fourth-order valence-electron chi connectivity index (χ4n) is 1.98. The van der Waals surface area contributed by atoms with Gasteiger partial charge >= 0.3 is 0 Å². The lowest BCUT2D eigenvalue weighted by Gasteiger charge is -2.19. The van der Waals surface area contributed by atoms with Crippen molar-refractivity contribution < 1.29 is 28.5 Å². The number of ether oxygens (including phenoxy) is 4. The van der Waals surface area contributed by atoms with Crippen LogP contribution in [0.2, 0.25) is 0 Å². The second-order valence-corrected chi connectivity index (χ2v) is 6.73. The number of carbonyl (C=O) groups excluding carboxylic acids is 2. The minimum absolute atomic E-state index is 0.0104. The van der Waals surface area contributed by atoms with Crippen LogP contribution in [-0.2, 0) is 28.5 Å². The largest absolute Gasteiger partial charge is 0.379 e. The number of Topliss-reactive ketones (excluding diaryl/α,β-unsaturated/α-hetero) is 1. The summed E-state index contributed by atoms with van der Waals surface area (Å²) < 4.78 is 21.5. The lowest BCUT2D eigenvalue weighted by molar-refractivity contribution is -0.133. The van der Waals surface area contributed by atoms with Crippen LogP contribution in [0.3, 0.4) is 0 Å². The third-order valence-electron chi connectivity index (χ3n) is 3.69. The van der Waals surface area contributed by atoms with Crippen molar-refractivity contribution in [2.24, 2.45) is 11.8 Å². The van der Waals surface area contributed by atoms with Gasteiger partial charge in [-0.3, -0.25) is 9.59 Å². The molecule has 0 rings (SSSR count). The Kier molecular flexibility index (Phi) is 15.5. The smallest absolute Gasteiger partial charge is 0.224 e. The molecule has 0 heterocycles. The molecule has 0 unspecified atom stereocenters. The topological polar surface area (TPSA) is 74.3 Å². The molecule has 0 bridgehead atoms. The number of hydrogen-bond acceptors (Lipinski definition) is 6. The Bertz CT molecular complexity index is 373. The Morgan fingerprint density at radius 1 is 0.692 bits per heavy atom. The summed E-state index contributed by atoms with van der Waals surface area (Å²) in [5, 5.41) is 0. The van der Waals surface area contributed by atoms with E-state index in [0.29, 0.717) is 65.8 Å². The predicted octanol–water partition coefficient (Wildman–Crippen LogP) is 1.78. The molecule has 0 aromatic rings. The molecule has 0 radical (unpaired) electrons. The second kappa shape index (κ2) is 16.2. The van der Waals surface area contributed by atoms with Gasteiger partial charge in [0, 0.05) is 31.8 Å². The van der Waals surface area contributed by atoms with E-state index in [1.807, 2.05) is 27.7 Å². The highest BCUT2D eigenvalue weighted by Crippen LogP contribution is 1.99. The van der Waals surface area contributed by atoms with E-state index in [1.165, 1.54) is 0 Å². The van der Waals surface area contributed by atoms with Gasteiger partial charge in [-0.2, -0.15) is 0 Å². The number of rotatable bonds is 17. The lowest BCUT2D eigenvalue weighted by atomic mass is 10.1. The van der Waals surface area contributed by atoms with Crippen LogP contribution in [0.5, 0.6) is 0 Å². The average Bonchev–Trinajstić information content (AvgIpc) is 2.60. The van der Waals surface area contributed by atoms with Crippen molar-refractivity contribution in [3.8, 4) is 0 Å². The zero-order valence-corrected chi connectivity index (χ0v) is 17.1. The summed E-state index contributed by atoms with van der Waals surface area (Å²) in [5.74, 6) is 0.424. The van der Waals surface area contributed by atoms with E-state index in [-0.39, 0.29) is 23.5 Å². The van der Waals surface area contributed by atoms with Crippen LogP contribution in [-0.4, -0.2) is 83.0 Å². The predicted molar refractivity (Wildman–Crippen MR) is 100 cm³/mol. The molecule has 0 aromatic heterocycles. The van der Waals surface area contributed by atoms with Crippen LogP contribution >= 0.6 is 0 Å². The molecule has 0 spiro atoms. The van der Waals surface area contributed by atoms with Crippen molar-refractivity contribution in [2.45, 2.75) is 34.1 Å². The van der Waals surface area contributed by atoms with Gasteiger partial charge in [-0.15, -0.1) is 0 Å². The fraction of sp³-hybridized carbons (Fsp3) is 0.895. The Morgan fingerprint density at radius 2 is 1.12 bits per heavy atom. The summed E-state index contributed by atoms with van der Waals surface area (Å²) in [5.41, 5.74) is 0. The van der Waals surface area contributed by atoms with Gasteiger partial charge in [0.15, 0.2) is 0 Å². The van der Waals surface area contributed by atoms with Gasteiger partial charge in [0.05, 0.1) is 52.9 Å². The monoisotopic (exact) mass is 375 g/mol. The van der Waals surface area contributed by atoms with Gasteiger partial charge in [0.25, 0.3) is 0 Å². The van der Waals surface area contributed by atoms with Gasteiger partial charge < -0.3 is 23.8 Å². The zero-order chi connectivity index (χ0) is 19.8. The molecule has 0 atom stereocenters. The normalized spacial score (nSPS) is 11.3. The van der Waals surface area contributed by atoms with Gasteiger partial charge in [-0.05, 0) is 0 Å². The Morgan fingerprint density at radius 3 is 1.54 bits per heavy atom. The van der Waals surface area contributed by atoms with Crippen LogP contribution in [0.25, 0.3) is 0 Å². The minimum Gasteiger partial charge on any atom is -0.379 e. The maximum Gasteiger partial charge on any atom is 0.224 e. The summed E-state index contributed by atoms with van der Waals surface area (Å²) in [6, 6.07) is 0. The minimum atomic E-state index is 0.0104. The van der Waals surface area contributed by atoms with Crippen LogP contribution in [0, 0.1) is 11.8 Å². The molecular formula is C19H37NO6. The second-order valence-electron chi connectivity index (χ2n) is 6.73. The molecule has 0 aliphatic rings. The molecule has 1 amide bonds. The van der Waals surface area contributed by atoms with Crippen molar-refractivity contribution in [1.29, 1.82) is 0 Å². The number of hydrogen-bond donors (Lipinski definition) is 0. The van der Waals surface area contributed by atoms with Crippen LogP contribution < -0.4 is 0 Å². The van der Waals surface area contributed by atoms with E-state index in [0.717, 1.165) is 0 Å². The van der Waals surface area contributed by atoms with Crippen LogP contribution in [0.1, 0.15) is 34.1 Å². The fourth-order valence-corrected chi connectivity index (χ4v) is 1.98. The third kappa shape index (κ3) is 14.2. The van der Waals surface area contributed by atoms with Crippen molar-refractivity contribution in [3.63, 3.8) is 0 Å². The molecule has 0 aliphatic carbocycles. The molecule has 0 N–H and O–H groups in total. The van der Waals surface area contributed by atoms with Gasteiger partial charge in [-0.1, -0.05) is 27.7 Å². The molecule has 0 fully saturated rings. The van der Waals surface area contributed by atoms with E-state index in [4.69, 9.17) is 18.9 Å². The van der Waals surface area contributed by atoms with Crippen LogP contribution in [0.15, 0.2) is 0 Å². The first-order valence-corrected chi connectivity index (χ1v) is 9.45. The SMILES string of the molecule is CC(C)C(=O)CCOCCOCCOCCOCCN(C)C(=O)C(C)C. The summed E-state index contributed by atoms with van der Waals surface area (Å²) in [6.45, 7) is 12.1. The molecule has 26 heavy (non-hydrogen) atoms.